The first-order chi connectivity index (χ1) is 11.8. The van der Waals surface area contributed by atoms with Gasteiger partial charge in [-0.2, -0.15) is 5.10 Å². The zero-order valence-electron chi connectivity index (χ0n) is 14.1. The van der Waals surface area contributed by atoms with Gasteiger partial charge in [-0.25, -0.2) is 0 Å². The first kappa shape index (κ1) is 15.4. The molecule has 126 valence electrons. The third-order valence-electron chi connectivity index (χ3n) is 5.08. The van der Waals surface area contributed by atoms with Crippen molar-refractivity contribution in [1.82, 2.24) is 25.5 Å². The zero-order valence-corrected chi connectivity index (χ0v) is 14.1. The molecular weight excluding hydrogens is 300 g/mol. The van der Waals surface area contributed by atoms with E-state index in [1.165, 1.54) is 24.1 Å². The van der Waals surface area contributed by atoms with E-state index in [0.717, 1.165) is 44.0 Å². The largest absolute Gasteiger partial charge is 0.354 e. The van der Waals surface area contributed by atoms with Gasteiger partial charge in [-0.1, -0.05) is 0 Å². The molecule has 1 N–H and O–H groups in total. The molecule has 4 rings (SSSR count). The summed E-state index contributed by atoms with van der Waals surface area (Å²) < 4.78 is 0. The molecule has 0 amide bonds. The highest BCUT2D eigenvalue weighted by molar-refractivity contribution is 5.44. The summed E-state index contributed by atoms with van der Waals surface area (Å²) in [5.41, 5.74) is 3.61. The summed E-state index contributed by atoms with van der Waals surface area (Å²) >= 11 is 0. The lowest BCUT2D eigenvalue weighted by Gasteiger charge is -2.40. The van der Waals surface area contributed by atoms with Crippen molar-refractivity contribution in [1.29, 1.82) is 0 Å². The van der Waals surface area contributed by atoms with Crippen LogP contribution in [0.3, 0.4) is 0 Å². The van der Waals surface area contributed by atoms with Crippen LogP contribution in [0.5, 0.6) is 0 Å². The number of hydrogen-bond acceptors (Lipinski definition) is 6. The molecule has 0 saturated carbocycles. The standard InChI is InChI=1S/C18H24N6/c1-13(17-10-19-6-7-20-17)21-9-14-11-24(12-14)18-8-15-4-2-3-5-16(15)22-23-18/h6-8,10,13-14,21H,2-5,9,11-12H2,1H3. The van der Waals surface area contributed by atoms with Crippen molar-refractivity contribution in [3.8, 4) is 0 Å². The minimum Gasteiger partial charge on any atom is -0.354 e. The summed E-state index contributed by atoms with van der Waals surface area (Å²) in [6.45, 7) is 5.23. The molecule has 0 bridgehead atoms. The van der Waals surface area contributed by atoms with Crippen LogP contribution in [0.2, 0.25) is 0 Å². The van der Waals surface area contributed by atoms with E-state index in [-0.39, 0.29) is 6.04 Å². The second-order valence-electron chi connectivity index (χ2n) is 6.91. The summed E-state index contributed by atoms with van der Waals surface area (Å²) in [7, 11) is 0. The maximum Gasteiger partial charge on any atom is 0.151 e. The zero-order chi connectivity index (χ0) is 16.4. The molecule has 0 aromatic carbocycles. The topological polar surface area (TPSA) is 66.8 Å². The average Bonchev–Trinajstić information content (AvgIpc) is 2.61. The SMILES string of the molecule is CC(NCC1CN(c2cc3c(nn2)CCCC3)C1)c1cnccn1. The first-order valence-electron chi connectivity index (χ1n) is 8.89. The molecule has 2 aromatic rings. The lowest BCUT2D eigenvalue weighted by Crippen LogP contribution is -2.51. The smallest absolute Gasteiger partial charge is 0.151 e. The van der Waals surface area contributed by atoms with Gasteiger partial charge in [0.2, 0.25) is 0 Å². The molecule has 2 aromatic heterocycles. The second kappa shape index (κ2) is 6.81. The quantitative estimate of drug-likeness (QED) is 0.906. The average molecular weight is 324 g/mol. The number of aryl methyl sites for hydroxylation is 2. The Balaban J connectivity index is 1.28. The van der Waals surface area contributed by atoms with Gasteiger partial charge in [0.05, 0.1) is 11.4 Å². The van der Waals surface area contributed by atoms with Crippen LogP contribution < -0.4 is 10.2 Å². The minimum absolute atomic E-state index is 0.233. The Morgan fingerprint density at radius 3 is 2.92 bits per heavy atom. The lowest BCUT2D eigenvalue weighted by molar-refractivity contribution is 0.364. The van der Waals surface area contributed by atoms with Gasteiger partial charge in [-0.3, -0.25) is 9.97 Å². The number of anilines is 1. The van der Waals surface area contributed by atoms with E-state index in [9.17, 15) is 0 Å². The molecule has 1 saturated heterocycles. The van der Waals surface area contributed by atoms with E-state index in [1.54, 1.807) is 12.4 Å². The highest BCUT2D eigenvalue weighted by Crippen LogP contribution is 2.26. The number of nitrogens with one attached hydrogen (secondary N) is 1. The maximum atomic E-state index is 4.44. The fourth-order valence-electron chi connectivity index (χ4n) is 3.50. The highest BCUT2D eigenvalue weighted by atomic mass is 15.3. The highest BCUT2D eigenvalue weighted by Gasteiger charge is 2.29. The summed E-state index contributed by atoms with van der Waals surface area (Å²) in [5.74, 6) is 1.70. The number of aromatic nitrogens is 4. The van der Waals surface area contributed by atoms with Crippen molar-refractivity contribution in [2.75, 3.05) is 24.5 Å². The van der Waals surface area contributed by atoms with Crippen molar-refractivity contribution in [3.05, 3.63) is 41.6 Å². The van der Waals surface area contributed by atoms with Crippen LogP contribution in [0, 0.1) is 5.92 Å². The van der Waals surface area contributed by atoms with E-state index in [4.69, 9.17) is 0 Å². The van der Waals surface area contributed by atoms with Crippen molar-refractivity contribution in [3.63, 3.8) is 0 Å². The molecule has 24 heavy (non-hydrogen) atoms. The number of nitrogens with zero attached hydrogens (tertiary/aromatic N) is 5. The monoisotopic (exact) mass is 324 g/mol. The third kappa shape index (κ3) is 3.24. The number of hydrogen-bond donors (Lipinski definition) is 1. The van der Waals surface area contributed by atoms with Gasteiger partial charge in [-0.05, 0) is 44.2 Å². The van der Waals surface area contributed by atoms with Gasteiger partial charge in [-0.15, -0.1) is 5.10 Å². The minimum atomic E-state index is 0.233. The predicted octanol–water partition coefficient (Wildman–Crippen LogP) is 1.93. The Morgan fingerprint density at radius 1 is 1.21 bits per heavy atom. The Labute approximate surface area is 142 Å². The van der Waals surface area contributed by atoms with Crippen LogP contribution in [0.1, 0.15) is 42.8 Å². The molecule has 1 unspecified atom stereocenters. The van der Waals surface area contributed by atoms with Gasteiger partial charge in [0.15, 0.2) is 5.82 Å². The number of rotatable bonds is 5. The molecular formula is C18H24N6. The molecule has 0 spiro atoms. The normalized spacial score (nSPS) is 18.8. The van der Waals surface area contributed by atoms with Gasteiger partial charge in [0.1, 0.15) is 0 Å². The van der Waals surface area contributed by atoms with Crippen LogP contribution in [0.4, 0.5) is 5.82 Å². The fourth-order valence-corrected chi connectivity index (χ4v) is 3.50. The molecule has 3 heterocycles. The lowest BCUT2D eigenvalue weighted by atomic mass is 9.95. The van der Waals surface area contributed by atoms with Crippen LogP contribution in [-0.4, -0.2) is 39.8 Å². The predicted molar refractivity (Wildman–Crippen MR) is 92.8 cm³/mol. The van der Waals surface area contributed by atoms with Crippen molar-refractivity contribution >= 4 is 5.82 Å². The van der Waals surface area contributed by atoms with Crippen LogP contribution in [0.15, 0.2) is 24.7 Å². The van der Waals surface area contributed by atoms with Crippen LogP contribution in [0.25, 0.3) is 0 Å². The molecule has 6 heteroatoms. The van der Waals surface area contributed by atoms with E-state index < -0.39 is 0 Å². The fraction of sp³-hybridized carbons (Fsp3) is 0.556. The van der Waals surface area contributed by atoms with Gasteiger partial charge >= 0.3 is 0 Å². The molecule has 6 nitrogen and oxygen atoms in total. The summed E-state index contributed by atoms with van der Waals surface area (Å²) in [6.07, 6.45) is 10.1. The van der Waals surface area contributed by atoms with Gasteiger partial charge in [0, 0.05) is 50.2 Å². The van der Waals surface area contributed by atoms with Crippen molar-refractivity contribution in [2.24, 2.45) is 5.92 Å². The molecule has 2 aliphatic rings. The van der Waals surface area contributed by atoms with E-state index in [2.05, 4.69) is 43.4 Å². The van der Waals surface area contributed by atoms with Crippen LogP contribution in [-0.2, 0) is 12.8 Å². The molecule has 1 aliphatic heterocycles. The molecule has 1 fully saturated rings. The molecule has 1 aliphatic carbocycles. The van der Waals surface area contributed by atoms with E-state index in [0.29, 0.717) is 5.92 Å². The Kier molecular flexibility index (Phi) is 4.38. The van der Waals surface area contributed by atoms with Gasteiger partial charge < -0.3 is 10.2 Å². The molecule has 0 radical (unpaired) electrons. The van der Waals surface area contributed by atoms with Gasteiger partial charge in [0.25, 0.3) is 0 Å². The summed E-state index contributed by atoms with van der Waals surface area (Å²) in [5, 5.41) is 12.4. The second-order valence-corrected chi connectivity index (χ2v) is 6.91. The van der Waals surface area contributed by atoms with Crippen molar-refractivity contribution in [2.45, 2.75) is 38.6 Å². The van der Waals surface area contributed by atoms with E-state index in [1.807, 2.05) is 6.20 Å². The van der Waals surface area contributed by atoms with Crippen LogP contribution >= 0.6 is 0 Å². The Hall–Kier alpha value is -2.08. The van der Waals surface area contributed by atoms with E-state index >= 15 is 0 Å². The summed E-state index contributed by atoms with van der Waals surface area (Å²) in [4.78, 5) is 10.8. The maximum absolute atomic E-state index is 4.44. The Bertz CT molecular complexity index is 683. The summed E-state index contributed by atoms with van der Waals surface area (Å²) in [6, 6.07) is 2.49. The first-order valence-corrected chi connectivity index (χ1v) is 8.89. The Morgan fingerprint density at radius 2 is 2.08 bits per heavy atom. The van der Waals surface area contributed by atoms with Crippen molar-refractivity contribution < 1.29 is 0 Å². The molecule has 1 atom stereocenters. The number of fused-ring (bicyclic) bond motifs is 1. The third-order valence-corrected chi connectivity index (χ3v) is 5.08.